The van der Waals surface area contributed by atoms with Gasteiger partial charge in [0, 0.05) is 34.0 Å². The Bertz CT molecular complexity index is 1710. The van der Waals surface area contributed by atoms with Crippen molar-refractivity contribution in [3.8, 4) is 22.4 Å². The van der Waals surface area contributed by atoms with Crippen LogP contribution in [-0.2, 0) is 16.6 Å². The third-order valence-electron chi connectivity index (χ3n) is 6.09. The second-order valence-corrected chi connectivity index (χ2v) is 9.88. The van der Waals surface area contributed by atoms with E-state index in [1.54, 1.807) is 48.5 Å². The lowest BCUT2D eigenvalue weighted by molar-refractivity contribution is -0.123. The molecule has 3 aromatic carbocycles. The minimum absolute atomic E-state index is 0.0382. The second kappa shape index (κ2) is 10.6. The smallest absolute Gasteiger partial charge is 0.356 e. The fourth-order valence-corrected chi connectivity index (χ4v) is 5.01. The molecule has 38 heavy (non-hydrogen) atoms. The Morgan fingerprint density at radius 2 is 1.61 bits per heavy atom. The summed E-state index contributed by atoms with van der Waals surface area (Å²) >= 11 is 7.36. The number of nitrogens with zero attached hydrogens (tertiary/aromatic N) is 2. The van der Waals surface area contributed by atoms with Crippen LogP contribution in [0.25, 0.3) is 33.2 Å². The maximum absolute atomic E-state index is 13.5. The highest BCUT2D eigenvalue weighted by molar-refractivity contribution is 7.14. The molecule has 0 aliphatic rings. The van der Waals surface area contributed by atoms with Gasteiger partial charge in [0.2, 0.25) is 0 Å². The van der Waals surface area contributed by atoms with Gasteiger partial charge in [0.25, 0.3) is 11.5 Å². The topological polar surface area (TPSA) is 90.3 Å². The molecule has 0 saturated heterocycles. The normalized spacial score (nSPS) is 11.8. The number of anilines is 1. The van der Waals surface area contributed by atoms with Gasteiger partial charge in [-0.25, -0.2) is 9.78 Å². The van der Waals surface area contributed by atoms with Gasteiger partial charge < -0.3 is 9.30 Å². The molecule has 1 unspecified atom stereocenters. The predicted molar refractivity (Wildman–Crippen MR) is 151 cm³/mol. The molecule has 1 atom stereocenters. The predicted octanol–water partition coefficient (Wildman–Crippen LogP) is 6.17. The van der Waals surface area contributed by atoms with Crippen LogP contribution in [0.15, 0.2) is 89.0 Å². The van der Waals surface area contributed by atoms with Gasteiger partial charge in [0.15, 0.2) is 11.2 Å². The standard InChI is InChI=1S/C29H22ClN3O4S/c1-17(26(34)32-29-31-23(16-38-29)18-8-4-3-5-9-18)37-28(36)25-24(19-12-14-20(30)15-13-19)21-10-6-7-11-22(21)27(35)33(25)2/h3-17H,1-2H3,(H,31,32,34). The first-order valence-electron chi connectivity index (χ1n) is 11.7. The number of hydrogen-bond acceptors (Lipinski definition) is 6. The summed E-state index contributed by atoms with van der Waals surface area (Å²) in [5, 5.41) is 6.52. The molecule has 2 heterocycles. The Morgan fingerprint density at radius 1 is 0.947 bits per heavy atom. The third-order valence-corrected chi connectivity index (χ3v) is 7.10. The lowest BCUT2D eigenvalue weighted by Gasteiger charge is -2.18. The summed E-state index contributed by atoms with van der Waals surface area (Å²) in [6.45, 7) is 1.47. The Morgan fingerprint density at radius 3 is 2.32 bits per heavy atom. The number of carbonyl (C=O) groups excluding carboxylic acids is 2. The fourth-order valence-electron chi connectivity index (χ4n) is 4.16. The summed E-state index contributed by atoms with van der Waals surface area (Å²) in [6.07, 6.45) is -1.15. The molecule has 0 aliphatic carbocycles. The first-order valence-corrected chi connectivity index (χ1v) is 13.0. The van der Waals surface area contributed by atoms with Crippen LogP contribution in [0.3, 0.4) is 0 Å². The zero-order valence-corrected chi connectivity index (χ0v) is 22.0. The van der Waals surface area contributed by atoms with E-state index >= 15 is 0 Å². The van der Waals surface area contributed by atoms with E-state index in [4.69, 9.17) is 16.3 Å². The fraction of sp³-hybridized carbons (Fsp3) is 0.103. The summed E-state index contributed by atoms with van der Waals surface area (Å²) in [6, 6.07) is 23.6. The molecule has 0 spiro atoms. The number of fused-ring (bicyclic) bond motifs is 1. The highest BCUT2D eigenvalue weighted by Crippen LogP contribution is 2.32. The van der Waals surface area contributed by atoms with Gasteiger partial charge in [-0.05, 0) is 36.1 Å². The molecule has 5 rings (SSSR count). The molecule has 2 aromatic heterocycles. The van der Waals surface area contributed by atoms with Gasteiger partial charge in [0.1, 0.15) is 5.69 Å². The SMILES string of the molecule is CC(OC(=O)c1c(-c2ccc(Cl)cc2)c2ccccc2c(=O)n1C)C(=O)Nc1nc(-c2ccccc2)cs1. The van der Waals surface area contributed by atoms with Crippen molar-refractivity contribution in [2.24, 2.45) is 7.05 Å². The number of hydrogen-bond donors (Lipinski definition) is 1. The Balaban J connectivity index is 1.44. The van der Waals surface area contributed by atoms with E-state index in [2.05, 4.69) is 10.3 Å². The van der Waals surface area contributed by atoms with Gasteiger partial charge in [-0.2, -0.15) is 0 Å². The number of benzene rings is 3. The maximum Gasteiger partial charge on any atom is 0.356 e. The number of amides is 1. The number of rotatable bonds is 6. The molecule has 0 saturated carbocycles. The number of nitrogens with one attached hydrogen (secondary N) is 1. The van der Waals surface area contributed by atoms with Gasteiger partial charge in [0.05, 0.1) is 5.69 Å². The van der Waals surface area contributed by atoms with Crippen LogP contribution in [0, 0.1) is 0 Å². The summed E-state index contributed by atoms with van der Waals surface area (Å²) in [5.41, 5.74) is 2.55. The van der Waals surface area contributed by atoms with Crippen LogP contribution >= 0.6 is 22.9 Å². The molecule has 0 aliphatic heterocycles. The maximum atomic E-state index is 13.5. The second-order valence-electron chi connectivity index (χ2n) is 8.58. The zero-order valence-electron chi connectivity index (χ0n) is 20.5. The van der Waals surface area contributed by atoms with Crippen molar-refractivity contribution in [2.45, 2.75) is 13.0 Å². The number of halogens is 1. The Labute approximate surface area is 227 Å². The van der Waals surface area contributed by atoms with E-state index in [0.717, 1.165) is 11.3 Å². The molecule has 0 bridgehead atoms. The van der Waals surface area contributed by atoms with E-state index in [0.29, 0.717) is 32.1 Å². The summed E-state index contributed by atoms with van der Waals surface area (Å²) < 4.78 is 6.83. The van der Waals surface area contributed by atoms with E-state index in [-0.39, 0.29) is 11.3 Å². The Kier molecular flexibility index (Phi) is 7.09. The lowest BCUT2D eigenvalue weighted by Crippen LogP contribution is -2.32. The van der Waals surface area contributed by atoms with Crippen molar-refractivity contribution in [1.29, 1.82) is 0 Å². The van der Waals surface area contributed by atoms with E-state index < -0.39 is 18.0 Å². The third kappa shape index (κ3) is 4.96. The molecule has 1 amide bonds. The van der Waals surface area contributed by atoms with Gasteiger partial charge in [-0.1, -0.05) is 72.3 Å². The zero-order chi connectivity index (χ0) is 26.8. The molecular weight excluding hydrogens is 522 g/mol. The molecule has 0 radical (unpaired) electrons. The first-order chi connectivity index (χ1) is 18.3. The first kappa shape index (κ1) is 25.4. The average molecular weight is 544 g/mol. The van der Waals surface area contributed by atoms with Crippen molar-refractivity contribution in [1.82, 2.24) is 9.55 Å². The van der Waals surface area contributed by atoms with Crippen molar-refractivity contribution >= 4 is 50.7 Å². The number of ether oxygens (including phenoxy) is 1. The quantitative estimate of drug-likeness (QED) is 0.259. The van der Waals surface area contributed by atoms with Crippen LogP contribution < -0.4 is 10.9 Å². The van der Waals surface area contributed by atoms with Crippen LogP contribution in [-0.4, -0.2) is 27.5 Å². The largest absolute Gasteiger partial charge is 0.448 e. The molecular formula is C29H22ClN3O4S. The molecule has 9 heteroatoms. The van der Waals surface area contributed by atoms with Crippen molar-refractivity contribution < 1.29 is 14.3 Å². The van der Waals surface area contributed by atoms with Crippen LogP contribution in [0.5, 0.6) is 0 Å². The monoisotopic (exact) mass is 543 g/mol. The summed E-state index contributed by atoms with van der Waals surface area (Å²) in [4.78, 5) is 43.9. The molecule has 5 aromatic rings. The number of carbonyl (C=O) groups is 2. The van der Waals surface area contributed by atoms with E-state index in [1.807, 2.05) is 35.7 Å². The number of aromatic nitrogens is 2. The van der Waals surface area contributed by atoms with E-state index in [9.17, 15) is 14.4 Å². The molecule has 1 N–H and O–H groups in total. The van der Waals surface area contributed by atoms with Gasteiger partial charge in [-0.15, -0.1) is 11.3 Å². The number of thiazole rings is 1. The highest BCUT2D eigenvalue weighted by atomic mass is 35.5. The van der Waals surface area contributed by atoms with Crippen LogP contribution in [0.4, 0.5) is 5.13 Å². The van der Waals surface area contributed by atoms with Crippen molar-refractivity contribution in [3.05, 3.63) is 105 Å². The molecule has 0 fully saturated rings. The van der Waals surface area contributed by atoms with E-state index in [1.165, 1.54) is 29.9 Å². The Hall–Kier alpha value is -4.27. The minimum atomic E-state index is -1.15. The van der Waals surface area contributed by atoms with Gasteiger partial charge >= 0.3 is 5.97 Å². The summed E-state index contributed by atoms with van der Waals surface area (Å²) in [7, 11) is 1.51. The number of esters is 1. The summed E-state index contributed by atoms with van der Waals surface area (Å²) in [5.74, 6) is -1.33. The van der Waals surface area contributed by atoms with Crippen LogP contribution in [0.2, 0.25) is 5.02 Å². The molecule has 190 valence electrons. The van der Waals surface area contributed by atoms with Crippen molar-refractivity contribution in [2.75, 3.05) is 5.32 Å². The highest BCUT2D eigenvalue weighted by Gasteiger charge is 2.26. The minimum Gasteiger partial charge on any atom is -0.448 e. The van der Waals surface area contributed by atoms with Crippen LogP contribution in [0.1, 0.15) is 17.4 Å². The average Bonchev–Trinajstić information content (AvgIpc) is 3.40. The van der Waals surface area contributed by atoms with Crippen molar-refractivity contribution in [3.63, 3.8) is 0 Å². The molecule has 7 nitrogen and oxygen atoms in total. The van der Waals surface area contributed by atoms with Gasteiger partial charge in [-0.3, -0.25) is 14.9 Å². The lowest BCUT2D eigenvalue weighted by atomic mass is 9.96. The number of pyridine rings is 1.